The Morgan fingerprint density at radius 2 is 1.26 bits per heavy atom. The molecule has 0 heterocycles. The molecule has 0 aliphatic heterocycles. The molecule has 0 spiro atoms. The molecular formula is C25H27B3F6O7S. The van der Waals surface area contributed by atoms with E-state index in [0.29, 0.717) is 24.0 Å². The summed E-state index contributed by atoms with van der Waals surface area (Å²) in [5, 5.41) is 0. The largest absolute Gasteiger partial charge is 0.438 e. The highest BCUT2D eigenvalue weighted by Crippen LogP contribution is 2.49. The molecule has 2 aliphatic rings. The average molecular weight is 618 g/mol. The van der Waals surface area contributed by atoms with Crippen LogP contribution in [0.2, 0.25) is 0 Å². The van der Waals surface area contributed by atoms with Gasteiger partial charge < -0.3 is 9.47 Å². The summed E-state index contributed by atoms with van der Waals surface area (Å²) in [7, 11) is 11.5. The molecule has 7 nitrogen and oxygen atoms in total. The van der Waals surface area contributed by atoms with Gasteiger partial charge in [-0.25, -0.2) is 0 Å². The maximum atomic E-state index is 13.6. The van der Waals surface area contributed by atoms with Crippen molar-refractivity contribution in [2.24, 2.45) is 23.7 Å². The van der Waals surface area contributed by atoms with E-state index in [1.807, 2.05) is 0 Å². The van der Waals surface area contributed by atoms with E-state index < -0.39 is 57.6 Å². The van der Waals surface area contributed by atoms with Crippen molar-refractivity contribution in [3.05, 3.63) is 28.8 Å². The lowest BCUT2D eigenvalue weighted by Crippen LogP contribution is -2.64. The number of alkyl halides is 6. The fourth-order valence-electron chi connectivity index (χ4n) is 5.86. The van der Waals surface area contributed by atoms with Crippen LogP contribution in [0.4, 0.5) is 26.3 Å². The summed E-state index contributed by atoms with van der Waals surface area (Å²) in [4.78, 5) is 25.7. The van der Waals surface area contributed by atoms with Gasteiger partial charge in [0.05, 0.1) is 35.4 Å². The Hall–Kier alpha value is -2.16. The molecule has 1 aromatic rings. The molecular weight excluding hydrogens is 591 g/mol. The Morgan fingerprint density at radius 1 is 0.810 bits per heavy atom. The fraction of sp³-hybridized carbons (Fsp3) is 0.680. The summed E-state index contributed by atoms with van der Waals surface area (Å²) in [6.45, 7) is 0. The van der Waals surface area contributed by atoms with E-state index in [9.17, 15) is 44.3 Å². The summed E-state index contributed by atoms with van der Waals surface area (Å²) in [6, 6.07) is 3.42. The van der Waals surface area contributed by atoms with E-state index in [1.165, 1.54) is 0 Å². The van der Waals surface area contributed by atoms with E-state index in [2.05, 4.69) is 4.74 Å². The quantitative estimate of drug-likeness (QED) is 0.148. The molecule has 0 saturated heterocycles. The van der Waals surface area contributed by atoms with Gasteiger partial charge in [0, 0.05) is 0 Å². The van der Waals surface area contributed by atoms with Crippen LogP contribution in [0, 0.1) is 23.7 Å². The summed E-state index contributed by atoms with van der Waals surface area (Å²) in [5.74, 6) is -7.49. The number of carbonyl (C=O) groups excluding carboxylic acids is 2. The Bertz CT molecular complexity index is 1230. The number of hydrogen-bond donors (Lipinski definition) is 1. The molecule has 1 aromatic carbocycles. The van der Waals surface area contributed by atoms with Crippen LogP contribution in [0.5, 0.6) is 5.75 Å². The second-order valence-corrected chi connectivity index (χ2v) is 12.2. The molecule has 4 unspecified atom stereocenters. The summed E-state index contributed by atoms with van der Waals surface area (Å²) in [6.07, 6.45) is -11.5. The van der Waals surface area contributed by atoms with Crippen molar-refractivity contribution in [1.82, 2.24) is 0 Å². The maximum absolute atomic E-state index is 13.6. The maximum Gasteiger partial charge on any atom is 0.438 e. The van der Waals surface area contributed by atoms with Gasteiger partial charge in [0.2, 0.25) is 0 Å². The predicted octanol–water partition coefficient (Wildman–Crippen LogP) is 3.72. The van der Waals surface area contributed by atoms with Gasteiger partial charge in [-0.3, -0.25) is 14.1 Å². The lowest BCUT2D eigenvalue weighted by atomic mass is 9.65. The van der Waals surface area contributed by atoms with Crippen molar-refractivity contribution in [3.8, 4) is 5.75 Å². The van der Waals surface area contributed by atoms with E-state index in [1.54, 1.807) is 12.1 Å². The third kappa shape index (κ3) is 7.49. The number of ether oxygens (including phenoxy) is 2. The molecule has 42 heavy (non-hydrogen) atoms. The zero-order valence-corrected chi connectivity index (χ0v) is 23.2. The third-order valence-electron chi connectivity index (χ3n) is 8.04. The van der Waals surface area contributed by atoms with Gasteiger partial charge >= 0.3 is 29.9 Å². The smallest absolute Gasteiger partial charge is 0.438 e. The first-order chi connectivity index (χ1) is 19.4. The minimum Gasteiger partial charge on any atom is -0.438 e. The second kappa shape index (κ2) is 12.8. The first kappa shape index (κ1) is 34.3. The Kier molecular flexibility index (Phi) is 10.5. The van der Waals surface area contributed by atoms with Crippen molar-refractivity contribution < 1.29 is 58.4 Å². The summed E-state index contributed by atoms with van der Waals surface area (Å²) < 4.78 is 122. The average Bonchev–Trinajstić information content (AvgIpc) is 2.89. The van der Waals surface area contributed by atoms with E-state index in [-0.39, 0.29) is 62.2 Å². The predicted molar refractivity (Wildman–Crippen MR) is 139 cm³/mol. The van der Waals surface area contributed by atoms with Crippen LogP contribution in [-0.4, -0.2) is 72.2 Å². The second-order valence-electron chi connectivity index (χ2n) is 10.8. The molecule has 2 saturated carbocycles. The van der Waals surface area contributed by atoms with Crippen LogP contribution in [0.3, 0.4) is 0 Å². The minimum atomic E-state index is -6.38. The standard InChI is InChI=1S/C25H27B3F6O7S/c26-9-13-5-18(10-27)20(19(6-13)11-28)40-21(35)16-3-1-15-8-17(4-2-14(15)7-16)22(36)41-23(24(29,30)31,25(32,33)34)12-42(37,38)39/h5-6,14-17H,1-4,7-12H2,(H,37,38,39). The van der Waals surface area contributed by atoms with Gasteiger partial charge in [-0.2, -0.15) is 34.8 Å². The number of hydrogen-bond acceptors (Lipinski definition) is 6. The van der Waals surface area contributed by atoms with E-state index in [0.717, 1.165) is 5.56 Å². The molecule has 4 atom stereocenters. The molecule has 2 aliphatic carbocycles. The minimum absolute atomic E-state index is 0.0600. The first-order valence-corrected chi connectivity index (χ1v) is 14.7. The lowest BCUT2D eigenvalue weighted by Gasteiger charge is -2.42. The van der Waals surface area contributed by atoms with Gasteiger partial charge in [0.1, 0.15) is 11.5 Å². The fourth-order valence-corrected chi connectivity index (χ4v) is 6.76. The van der Waals surface area contributed by atoms with Gasteiger partial charge in [-0.05, 0) is 61.5 Å². The lowest BCUT2D eigenvalue weighted by molar-refractivity contribution is -0.362. The Balaban J connectivity index is 1.70. The van der Waals surface area contributed by atoms with Gasteiger partial charge in [0.15, 0.2) is 0 Å². The molecule has 0 bridgehead atoms. The first-order valence-electron chi connectivity index (χ1n) is 13.1. The highest BCUT2D eigenvalue weighted by molar-refractivity contribution is 7.85. The number of halogens is 6. The number of benzene rings is 1. The zero-order chi connectivity index (χ0) is 31.7. The zero-order valence-electron chi connectivity index (χ0n) is 22.3. The molecule has 6 radical (unpaired) electrons. The van der Waals surface area contributed by atoms with Crippen LogP contribution in [0.1, 0.15) is 55.2 Å². The van der Waals surface area contributed by atoms with Gasteiger partial charge in [0.25, 0.3) is 10.1 Å². The van der Waals surface area contributed by atoms with Crippen LogP contribution >= 0.6 is 0 Å². The highest BCUT2D eigenvalue weighted by Gasteiger charge is 2.76. The van der Waals surface area contributed by atoms with Gasteiger partial charge in [-0.15, -0.1) is 0 Å². The van der Waals surface area contributed by atoms with Crippen molar-refractivity contribution >= 4 is 45.6 Å². The molecule has 2 fully saturated rings. The van der Waals surface area contributed by atoms with Crippen molar-refractivity contribution in [1.29, 1.82) is 0 Å². The Labute approximate surface area is 243 Å². The van der Waals surface area contributed by atoms with Crippen LogP contribution < -0.4 is 4.74 Å². The van der Waals surface area contributed by atoms with Crippen LogP contribution in [-0.2, 0) is 43.4 Å². The SMILES string of the molecule is [B]Cc1cc(C[B])c(OC(=O)C2CCC3CC(C(=O)OC(CS(=O)(=O)O)(C(F)(F)F)C(F)(F)F)CCC3C2)c(C[B])c1. The number of rotatable bonds is 9. The highest BCUT2D eigenvalue weighted by atomic mass is 32.2. The topological polar surface area (TPSA) is 107 Å². The third-order valence-corrected chi connectivity index (χ3v) is 8.81. The number of fused-ring (bicyclic) bond motifs is 1. The van der Waals surface area contributed by atoms with Crippen molar-refractivity contribution in [3.63, 3.8) is 0 Å². The van der Waals surface area contributed by atoms with Crippen molar-refractivity contribution in [2.45, 2.75) is 75.4 Å². The Morgan fingerprint density at radius 3 is 1.64 bits per heavy atom. The molecule has 0 aromatic heterocycles. The molecule has 226 valence electrons. The molecule has 17 heteroatoms. The normalized spacial score (nSPS) is 23.6. The van der Waals surface area contributed by atoms with Gasteiger partial charge in [-0.1, -0.05) is 36.7 Å². The van der Waals surface area contributed by atoms with E-state index >= 15 is 0 Å². The summed E-state index contributed by atoms with van der Waals surface area (Å²) in [5.41, 5.74) is -3.59. The molecule has 3 rings (SSSR count). The van der Waals surface area contributed by atoms with Crippen LogP contribution in [0.15, 0.2) is 12.1 Å². The monoisotopic (exact) mass is 618 g/mol. The van der Waals surface area contributed by atoms with Crippen molar-refractivity contribution in [2.75, 3.05) is 5.75 Å². The number of carbonyl (C=O) groups is 2. The van der Waals surface area contributed by atoms with E-state index in [4.69, 9.17) is 32.8 Å². The molecule has 0 amide bonds. The number of esters is 2. The van der Waals surface area contributed by atoms with Crippen LogP contribution in [0.25, 0.3) is 0 Å². The summed E-state index contributed by atoms with van der Waals surface area (Å²) >= 11 is 0. The molecule has 1 N–H and O–H groups in total.